The molecule has 1 spiro atoms. The van der Waals surface area contributed by atoms with Crippen LogP contribution in [0.2, 0.25) is 0 Å². The Labute approximate surface area is 185 Å². The maximum Gasteiger partial charge on any atom is 0.421 e. The van der Waals surface area contributed by atoms with Crippen LogP contribution in [-0.4, -0.2) is 53.2 Å². The molecular formula is C22H30F3N3O4. The lowest BCUT2D eigenvalue weighted by atomic mass is 9.91. The van der Waals surface area contributed by atoms with Gasteiger partial charge in [0.2, 0.25) is 11.8 Å². The van der Waals surface area contributed by atoms with Gasteiger partial charge in [0, 0.05) is 24.7 Å². The molecule has 1 atom stereocenters. The average molecular weight is 457 g/mol. The van der Waals surface area contributed by atoms with Gasteiger partial charge in [-0.3, -0.25) is 4.79 Å². The molecule has 7 nitrogen and oxygen atoms in total. The largest absolute Gasteiger partial charge is 0.476 e. The zero-order valence-corrected chi connectivity index (χ0v) is 19.0. The molecule has 10 heteroatoms. The van der Waals surface area contributed by atoms with Crippen molar-refractivity contribution < 1.29 is 32.2 Å². The molecule has 1 unspecified atom stereocenters. The molecule has 2 aliphatic rings. The Balaban J connectivity index is 1.62. The van der Waals surface area contributed by atoms with Crippen molar-refractivity contribution in [2.75, 3.05) is 19.7 Å². The van der Waals surface area contributed by atoms with Crippen molar-refractivity contribution in [3.05, 3.63) is 23.9 Å². The number of ether oxygens (including phenoxy) is 2. The molecule has 2 fully saturated rings. The summed E-state index contributed by atoms with van der Waals surface area (Å²) in [5, 5.41) is 2.99. The molecule has 1 aromatic rings. The minimum absolute atomic E-state index is 0.173. The summed E-state index contributed by atoms with van der Waals surface area (Å²) in [4.78, 5) is 30.7. The number of hydrogen-bond donors (Lipinski definition) is 1. The second-order valence-electron chi connectivity index (χ2n) is 10.3. The fourth-order valence-electron chi connectivity index (χ4n) is 3.69. The van der Waals surface area contributed by atoms with E-state index in [1.165, 1.54) is 12.3 Å². The van der Waals surface area contributed by atoms with E-state index in [2.05, 4.69) is 10.3 Å². The predicted molar refractivity (Wildman–Crippen MR) is 110 cm³/mol. The standard InChI is InChI=1S/C22H30F3N3O4/c1-19(2,3)32-18(30)28-11-15(21(12-28)8-9-21)27-17(29)20(4,5)13-31-16-14(22(23,24)25)7-6-10-26-16/h6-7,10,15H,8-9,11-13H2,1-5H3,(H,27,29). The molecule has 1 aromatic heterocycles. The van der Waals surface area contributed by atoms with Crippen molar-refractivity contribution in [2.45, 2.75) is 65.3 Å². The predicted octanol–water partition coefficient (Wildman–Crippen LogP) is 4.02. The van der Waals surface area contributed by atoms with E-state index in [1.54, 1.807) is 39.5 Å². The number of amides is 2. The minimum Gasteiger partial charge on any atom is -0.476 e. The number of nitrogens with one attached hydrogen (secondary N) is 1. The molecule has 2 amide bonds. The summed E-state index contributed by atoms with van der Waals surface area (Å²) < 4.78 is 50.2. The van der Waals surface area contributed by atoms with Crippen LogP contribution >= 0.6 is 0 Å². The summed E-state index contributed by atoms with van der Waals surface area (Å²) in [6.45, 7) is 9.12. The Hall–Kier alpha value is -2.52. The van der Waals surface area contributed by atoms with Crippen LogP contribution < -0.4 is 10.1 Å². The lowest BCUT2D eigenvalue weighted by Crippen LogP contribution is -2.49. The average Bonchev–Trinajstić information content (AvgIpc) is 3.34. The van der Waals surface area contributed by atoms with E-state index in [1.807, 2.05) is 0 Å². The number of aromatic nitrogens is 1. The van der Waals surface area contributed by atoms with Crippen molar-refractivity contribution in [3.8, 4) is 5.88 Å². The molecule has 178 valence electrons. The molecule has 0 bridgehead atoms. The van der Waals surface area contributed by atoms with E-state index >= 15 is 0 Å². The summed E-state index contributed by atoms with van der Waals surface area (Å²) in [5.41, 5.74) is -2.89. The van der Waals surface area contributed by atoms with Gasteiger partial charge in [0.1, 0.15) is 17.8 Å². The van der Waals surface area contributed by atoms with E-state index in [4.69, 9.17) is 9.47 Å². The van der Waals surface area contributed by atoms with Crippen molar-refractivity contribution >= 4 is 12.0 Å². The molecule has 0 radical (unpaired) electrons. The molecule has 0 aromatic carbocycles. The number of likely N-dealkylation sites (tertiary alicyclic amines) is 1. The Morgan fingerprint density at radius 1 is 1.22 bits per heavy atom. The highest BCUT2D eigenvalue weighted by Gasteiger charge is 2.57. The highest BCUT2D eigenvalue weighted by Crippen LogP contribution is 2.53. The van der Waals surface area contributed by atoms with Crippen LogP contribution in [0.5, 0.6) is 5.88 Å². The lowest BCUT2D eigenvalue weighted by Gasteiger charge is -2.28. The summed E-state index contributed by atoms with van der Waals surface area (Å²) in [7, 11) is 0. The van der Waals surface area contributed by atoms with E-state index < -0.39 is 34.7 Å². The summed E-state index contributed by atoms with van der Waals surface area (Å²) in [6.07, 6.45) is -2.05. The normalized spacial score (nSPS) is 20.2. The number of hydrogen-bond acceptors (Lipinski definition) is 5. The zero-order valence-electron chi connectivity index (χ0n) is 19.0. The number of nitrogens with zero attached hydrogens (tertiary/aromatic N) is 2. The highest BCUT2D eigenvalue weighted by atomic mass is 19.4. The smallest absolute Gasteiger partial charge is 0.421 e. The molecule has 2 heterocycles. The van der Waals surface area contributed by atoms with Gasteiger partial charge < -0.3 is 19.7 Å². The van der Waals surface area contributed by atoms with Gasteiger partial charge in [0.05, 0.1) is 11.5 Å². The van der Waals surface area contributed by atoms with E-state index in [0.29, 0.717) is 13.1 Å². The molecule has 1 saturated carbocycles. The SMILES string of the molecule is CC(C)(C)OC(=O)N1CC(NC(=O)C(C)(C)COc2ncccc2C(F)(F)F)C2(CC2)C1. The maximum absolute atomic E-state index is 13.2. The quantitative estimate of drug-likeness (QED) is 0.722. The van der Waals surface area contributed by atoms with Crippen LogP contribution in [0.4, 0.5) is 18.0 Å². The lowest BCUT2D eigenvalue weighted by molar-refractivity contribution is -0.139. The first-order valence-corrected chi connectivity index (χ1v) is 10.6. The topological polar surface area (TPSA) is 80.8 Å². The van der Waals surface area contributed by atoms with Gasteiger partial charge in [-0.25, -0.2) is 9.78 Å². The van der Waals surface area contributed by atoms with Crippen LogP contribution in [0.25, 0.3) is 0 Å². The highest BCUT2D eigenvalue weighted by molar-refractivity contribution is 5.82. The van der Waals surface area contributed by atoms with Gasteiger partial charge in [-0.15, -0.1) is 0 Å². The van der Waals surface area contributed by atoms with Gasteiger partial charge in [-0.05, 0) is 59.6 Å². The third kappa shape index (κ3) is 5.45. The van der Waals surface area contributed by atoms with Crippen molar-refractivity contribution in [3.63, 3.8) is 0 Å². The fourth-order valence-corrected chi connectivity index (χ4v) is 3.69. The van der Waals surface area contributed by atoms with Crippen LogP contribution in [-0.2, 0) is 15.7 Å². The van der Waals surface area contributed by atoms with E-state index in [0.717, 1.165) is 18.9 Å². The molecule has 1 N–H and O–H groups in total. The van der Waals surface area contributed by atoms with Gasteiger partial charge in [-0.1, -0.05) is 0 Å². The molecule has 3 rings (SSSR count). The summed E-state index contributed by atoms with van der Waals surface area (Å²) >= 11 is 0. The second kappa shape index (κ2) is 8.12. The minimum atomic E-state index is -4.61. The first-order valence-electron chi connectivity index (χ1n) is 10.6. The summed E-state index contributed by atoms with van der Waals surface area (Å²) in [6, 6.07) is 1.82. The number of carbonyl (C=O) groups is 2. The van der Waals surface area contributed by atoms with E-state index in [-0.39, 0.29) is 24.0 Å². The fraction of sp³-hybridized carbons (Fsp3) is 0.682. The number of pyridine rings is 1. The van der Waals surface area contributed by atoms with Gasteiger partial charge in [0.15, 0.2) is 0 Å². The monoisotopic (exact) mass is 457 g/mol. The first-order chi connectivity index (χ1) is 14.6. The van der Waals surface area contributed by atoms with Gasteiger partial charge in [0.25, 0.3) is 0 Å². The second-order valence-corrected chi connectivity index (χ2v) is 10.3. The first kappa shape index (κ1) is 24.1. The number of alkyl halides is 3. The van der Waals surface area contributed by atoms with Gasteiger partial charge >= 0.3 is 12.3 Å². The Kier molecular flexibility index (Phi) is 6.12. The summed E-state index contributed by atoms with van der Waals surface area (Å²) in [5.74, 6) is -0.916. The molecule has 1 aliphatic heterocycles. The van der Waals surface area contributed by atoms with Crippen molar-refractivity contribution in [1.82, 2.24) is 15.2 Å². The van der Waals surface area contributed by atoms with Crippen LogP contribution in [0.15, 0.2) is 18.3 Å². The third-order valence-electron chi connectivity index (χ3n) is 5.76. The van der Waals surface area contributed by atoms with Crippen molar-refractivity contribution in [1.29, 1.82) is 0 Å². The van der Waals surface area contributed by atoms with Crippen LogP contribution in [0.1, 0.15) is 53.0 Å². The molecule has 1 aliphatic carbocycles. The Bertz CT molecular complexity index is 876. The number of carbonyl (C=O) groups excluding carboxylic acids is 2. The number of halogens is 3. The van der Waals surface area contributed by atoms with E-state index in [9.17, 15) is 22.8 Å². The van der Waals surface area contributed by atoms with Crippen LogP contribution in [0.3, 0.4) is 0 Å². The van der Waals surface area contributed by atoms with Gasteiger partial charge in [-0.2, -0.15) is 13.2 Å². The third-order valence-corrected chi connectivity index (χ3v) is 5.76. The zero-order chi connectivity index (χ0) is 23.9. The molecular weight excluding hydrogens is 427 g/mol. The Morgan fingerprint density at radius 3 is 2.44 bits per heavy atom. The van der Waals surface area contributed by atoms with Crippen molar-refractivity contribution in [2.24, 2.45) is 10.8 Å². The molecule has 1 saturated heterocycles. The Morgan fingerprint density at radius 2 is 1.88 bits per heavy atom. The number of rotatable bonds is 5. The van der Waals surface area contributed by atoms with Crippen LogP contribution in [0, 0.1) is 10.8 Å². The maximum atomic E-state index is 13.2. The molecule has 32 heavy (non-hydrogen) atoms.